The Balaban J connectivity index is 1.69. The molecule has 3 rings (SSSR count). The monoisotopic (exact) mass is 340 g/mol. The van der Waals surface area contributed by atoms with Gasteiger partial charge < -0.3 is 15.3 Å². The van der Waals surface area contributed by atoms with Crippen LogP contribution in [0.2, 0.25) is 0 Å². The first-order valence-electron chi connectivity index (χ1n) is 8.15. The summed E-state index contributed by atoms with van der Waals surface area (Å²) in [6, 6.07) is 9.50. The van der Waals surface area contributed by atoms with E-state index in [1.165, 1.54) is 24.2 Å². The summed E-state index contributed by atoms with van der Waals surface area (Å²) in [6.45, 7) is 1.98. The van der Waals surface area contributed by atoms with E-state index in [9.17, 15) is 14.7 Å². The van der Waals surface area contributed by atoms with Gasteiger partial charge in [0, 0.05) is 19.0 Å². The molecule has 0 bridgehead atoms. The first kappa shape index (κ1) is 17.0. The van der Waals surface area contributed by atoms with Crippen molar-refractivity contribution in [1.82, 2.24) is 14.9 Å². The smallest absolute Gasteiger partial charge is 0.258 e. The second-order valence-corrected chi connectivity index (χ2v) is 6.19. The Hall–Kier alpha value is -2.80. The first-order valence-corrected chi connectivity index (χ1v) is 8.15. The molecule has 25 heavy (non-hydrogen) atoms. The second-order valence-electron chi connectivity index (χ2n) is 6.19. The molecule has 1 aromatic carbocycles. The van der Waals surface area contributed by atoms with Crippen molar-refractivity contribution in [3.8, 4) is 11.4 Å². The number of aromatic nitrogens is 2. The van der Waals surface area contributed by atoms with Crippen LogP contribution in [0.15, 0.2) is 42.7 Å². The topological polar surface area (TPSA) is 95.4 Å². The molecule has 2 heterocycles. The molecule has 2 aromatic rings. The quantitative estimate of drug-likeness (QED) is 0.882. The molecule has 1 fully saturated rings. The highest BCUT2D eigenvalue weighted by Crippen LogP contribution is 2.23. The Morgan fingerprint density at radius 1 is 1.20 bits per heavy atom. The van der Waals surface area contributed by atoms with Crippen LogP contribution in [0.25, 0.3) is 11.4 Å². The van der Waals surface area contributed by atoms with Gasteiger partial charge in [-0.3, -0.25) is 9.59 Å². The normalized spacial score (nSPS) is 20.2. The third kappa shape index (κ3) is 3.83. The number of carbonyl (C=O) groups is 2. The van der Waals surface area contributed by atoms with Gasteiger partial charge in [-0.15, -0.1) is 0 Å². The summed E-state index contributed by atoms with van der Waals surface area (Å²) in [5.41, 5.74) is -0.316. The molecule has 1 aliphatic heterocycles. The fraction of sp³-hybridized carbons (Fsp3) is 0.333. The average Bonchev–Trinajstić information content (AvgIpc) is 2.63. The van der Waals surface area contributed by atoms with Crippen LogP contribution in [0, 0.1) is 0 Å². The summed E-state index contributed by atoms with van der Waals surface area (Å²) in [6.07, 6.45) is 3.89. The Morgan fingerprint density at radius 3 is 2.52 bits per heavy atom. The van der Waals surface area contributed by atoms with E-state index in [0.29, 0.717) is 30.9 Å². The van der Waals surface area contributed by atoms with Crippen molar-refractivity contribution in [2.75, 3.05) is 18.4 Å². The lowest BCUT2D eigenvalue weighted by atomic mass is 9.91. The van der Waals surface area contributed by atoms with Crippen LogP contribution in [-0.2, 0) is 9.59 Å². The van der Waals surface area contributed by atoms with Gasteiger partial charge in [0.1, 0.15) is 0 Å². The van der Waals surface area contributed by atoms with Crippen molar-refractivity contribution in [2.45, 2.75) is 25.4 Å². The summed E-state index contributed by atoms with van der Waals surface area (Å²) in [5.74, 6) is -0.145. The molecule has 0 aliphatic carbocycles. The predicted molar refractivity (Wildman–Crippen MR) is 92.5 cm³/mol. The molecule has 1 aromatic heterocycles. The van der Waals surface area contributed by atoms with Crippen LogP contribution in [0.3, 0.4) is 0 Å². The Bertz CT molecular complexity index is 764. The third-order valence-electron chi connectivity index (χ3n) is 4.28. The fourth-order valence-electron chi connectivity index (χ4n) is 2.87. The van der Waals surface area contributed by atoms with Crippen molar-refractivity contribution < 1.29 is 14.7 Å². The van der Waals surface area contributed by atoms with Gasteiger partial charge in [0.25, 0.3) is 5.91 Å². The number of anilines is 1. The number of benzene rings is 1. The van der Waals surface area contributed by atoms with E-state index in [4.69, 9.17) is 0 Å². The zero-order chi connectivity index (χ0) is 17.9. The van der Waals surface area contributed by atoms with Gasteiger partial charge in [-0.2, -0.15) is 0 Å². The molecule has 1 aliphatic rings. The minimum atomic E-state index is -1.60. The molecular weight excluding hydrogens is 320 g/mol. The zero-order valence-electron chi connectivity index (χ0n) is 14.0. The number of β-amino-alcohol motifs (C(OH)–C–C–N with tert-alkyl or cyclic N) is 1. The first-order chi connectivity index (χ1) is 12.0. The van der Waals surface area contributed by atoms with Crippen molar-refractivity contribution in [3.63, 3.8) is 0 Å². The average molecular weight is 340 g/mol. The molecule has 7 heteroatoms. The number of likely N-dealkylation sites (tertiary alicyclic amines) is 1. The van der Waals surface area contributed by atoms with Crippen LogP contribution in [0.1, 0.15) is 19.8 Å². The molecule has 0 saturated carbocycles. The number of nitrogens with one attached hydrogen (secondary N) is 1. The van der Waals surface area contributed by atoms with Crippen LogP contribution in [0.5, 0.6) is 0 Å². The van der Waals surface area contributed by atoms with Gasteiger partial charge in [-0.1, -0.05) is 30.3 Å². The van der Waals surface area contributed by atoms with E-state index >= 15 is 0 Å². The largest absolute Gasteiger partial charge is 0.378 e. The second kappa shape index (κ2) is 6.98. The van der Waals surface area contributed by atoms with Crippen LogP contribution < -0.4 is 5.32 Å². The number of nitrogens with zero attached hydrogens (tertiary/aromatic N) is 3. The van der Waals surface area contributed by atoms with Gasteiger partial charge in [-0.25, -0.2) is 9.97 Å². The van der Waals surface area contributed by atoms with Crippen molar-refractivity contribution >= 4 is 17.5 Å². The van der Waals surface area contributed by atoms with Crippen LogP contribution in [0.4, 0.5) is 5.69 Å². The number of hydrogen-bond acceptors (Lipinski definition) is 5. The summed E-state index contributed by atoms with van der Waals surface area (Å²) in [5, 5.41) is 13.2. The van der Waals surface area contributed by atoms with Crippen molar-refractivity contribution in [2.24, 2.45) is 0 Å². The maximum absolute atomic E-state index is 12.5. The maximum atomic E-state index is 12.5. The Labute approximate surface area is 145 Å². The standard InChI is InChI=1S/C18H20N4O3/c1-13(23)22-9-5-8-18(25,12-22)17(24)21-15-10-19-16(20-11-15)14-6-3-2-4-7-14/h2-4,6-7,10-11,25H,5,8-9,12H2,1H3,(H,21,24). The summed E-state index contributed by atoms with van der Waals surface area (Å²) >= 11 is 0. The summed E-state index contributed by atoms with van der Waals surface area (Å²) < 4.78 is 0. The lowest BCUT2D eigenvalue weighted by Gasteiger charge is -2.37. The van der Waals surface area contributed by atoms with Gasteiger partial charge in [0.15, 0.2) is 11.4 Å². The van der Waals surface area contributed by atoms with E-state index in [-0.39, 0.29) is 12.5 Å². The Kier molecular flexibility index (Phi) is 4.76. The minimum Gasteiger partial charge on any atom is -0.378 e. The molecule has 130 valence electrons. The minimum absolute atomic E-state index is 0.00285. The van der Waals surface area contributed by atoms with E-state index in [2.05, 4.69) is 15.3 Å². The van der Waals surface area contributed by atoms with E-state index in [0.717, 1.165) is 5.56 Å². The van der Waals surface area contributed by atoms with Crippen LogP contribution >= 0.6 is 0 Å². The lowest BCUT2D eigenvalue weighted by molar-refractivity contribution is -0.146. The molecule has 0 spiro atoms. The van der Waals surface area contributed by atoms with E-state index in [1.807, 2.05) is 30.3 Å². The number of amides is 2. The molecular formula is C18H20N4O3. The molecule has 2 N–H and O–H groups in total. The highest BCUT2D eigenvalue weighted by Gasteiger charge is 2.41. The molecule has 7 nitrogen and oxygen atoms in total. The molecule has 1 atom stereocenters. The number of rotatable bonds is 3. The lowest BCUT2D eigenvalue weighted by Crippen LogP contribution is -2.56. The number of hydrogen-bond donors (Lipinski definition) is 2. The molecule has 1 unspecified atom stereocenters. The number of carbonyl (C=O) groups excluding carboxylic acids is 2. The maximum Gasteiger partial charge on any atom is 0.258 e. The molecule has 1 saturated heterocycles. The fourth-order valence-corrected chi connectivity index (χ4v) is 2.87. The number of aliphatic hydroxyl groups is 1. The van der Waals surface area contributed by atoms with Gasteiger partial charge in [0.05, 0.1) is 24.6 Å². The third-order valence-corrected chi connectivity index (χ3v) is 4.28. The predicted octanol–water partition coefficient (Wildman–Crippen LogP) is 1.46. The van der Waals surface area contributed by atoms with E-state index < -0.39 is 11.5 Å². The Morgan fingerprint density at radius 2 is 1.88 bits per heavy atom. The van der Waals surface area contributed by atoms with E-state index in [1.54, 1.807) is 0 Å². The summed E-state index contributed by atoms with van der Waals surface area (Å²) in [7, 11) is 0. The van der Waals surface area contributed by atoms with Gasteiger partial charge in [-0.05, 0) is 12.8 Å². The zero-order valence-corrected chi connectivity index (χ0v) is 14.0. The van der Waals surface area contributed by atoms with Crippen molar-refractivity contribution in [3.05, 3.63) is 42.7 Å². The molecule has 2 amide bonds. The van der Waals surface area contributed by atoms with Crippen LogP contribution in [-0.4, -0.2) is 50.5 Å². The highest BCUT2D eigenvalue weighted by atomic mass is 16.3. The molecule has 0 radical (unpaired) electrons. The SMILES string of the molecule is CC(=O)N1CCCC(O)(C(=O)Nc2cnc(-c3ccccc3)nc2)C1. The summed E-state index contributed by atoms with van der Waals surface area (Å²) in [4.78, 5) is 33.9. The van der Waals surface area contributed by atoms with Crippen molar-refractivity contribution in [1.29, 1.82) is 0 Å². The van der Waals surface area contributed by atoms with Gasteiger partial charge in [0.2, 0.25) is 5.91 Å². The highest BCUT2D eigenvalue weighted by molar-refractivity contribution is 5.97. The van der Waals surface area contributed by atoms with Gasteiger partial charge >= 0.3 is 0 Å². The number of piperidine rings is 1.